The summed E-state index contributed by atoms with van der Waals surface area (Å²) in [7, 11) is 4.18. The van der Waals surface area contributed by atoms with Gasteiger partial charge in [0.05, 0.1) is 0 Å². The molecule has 0 N–H and O–H groups in total. The van der Waals surface area contributed by atoms with E-state index in [1.807, 2.05) is 36.4 Å². The molecule has 3 heteroatoms. The van der Waals surface area contributed by atoms with Crippen molar-refractivity contribution in [3.05, 3.63) is 82.8 Å². The van der Waals surface area contributed by atoms with Crippen LogP contribution < -0.4 is 0 Å². The average Bonchev–Trinajstić information content (AvgIpc) is 3.12. The molecule has 0 bridgehead atoms. The predicted octanol–water partition coefficient (Wildman–Crippen LogP) is 5.30. The molecule has 0 unspecified atom stereocenters. The summed E-state index contributed by atoms with van der Waals surface area (Å²) in [6.45, 7) is 0.991. The van der Waals surface area contributed by atoms with Gasteiger partial charge in [0.15, 0.2) is 0 Å². The number of hydrogen-bond donors (Lipinski definition) is 0. The monoisotopic (exact) mass is 397 g/mol. The molecule has 0 heterocycles. The van der Waals surface area contributed by atoms with Crippen molar-refractivity contribution in [2.24, 2.45) is 0 Å². The Labute approximate surface area is 152 Å². The second-order valence-corrected chi connectivity index (χ2v) is 6.04. The predicted molar refractivity (Wildman–Crippen MR) is 94.6 cm³/mol. The first-order chi connectivity index (χ1) is 10.2. The maximum Gasteiger partial charge on any atom is 2.00 e. The van der Waals surface area contributed by atoms with Crippen LogP contribution in [0.2, 0.25) is 0 Å². The van der Waals surface area contributed by atoms with Crippen LogP contribution >= 0.6 is 15.9 Å². The molecule has 0 fully saturated rings. The van der Waals surface area contributed by atoms with Gasteiger partial charge in [-0.1, -0.05) is 23.8 Å². The number of rotatable bonds is 3. The topological polar surface area (TPSA) is 3.24 Å². The summed E-state index contributed by atoms with van der Waals surface area (Å²) >= 11 is 3.58. The van der Waals surface area contributed by atoms with Gasteiger partial charge in [0.1, 0.15) is 0 Å². The molecule has 0 spiro atoms. The van der Waals surface area contributed by atoms with E-state index in [2.05, 4.69) is 71.3 Å². The van der Waals surface area contributed by atoms with E-state index in [-0.39, 0.29) is 17.1 Å². The molecular weight excluding hydrogens is 378 g/mol. The quantitative estimate of drug-likeness (QED) is 0.428. The zero-order valence-electron chi connectivity index (χ0n) is 12.8. The van der Waals surface area contributed by atoms with Gasteiger partial charge in [0, 0.05) is 0 Å². The Balaban J connectivity index is 0.000000344. The number of benzene rings is 1. The van der Waals surface area contributed by atoms with E-state index in [1.165, 1.54) is 16.7 Å². The fourth-order valence-electron chi connectivity index (χ4n) is 2.14. The molecule has 3 aromatic carbocycles. The molecule has 0 aromatic heterocycles. The Morgan fingerprint density at radius 2 is 1.73 bits per heavy atom. The maximum atomic E-state index is 3.58. The summed E-state index contributed by atoms with van der Waals surface area (Å²) in [5.74, 6) is 0. The van der Waals surface area contributed by atoms with E-state index >= 15 is 0 Å². The third-order valence-corrected chi connectivity index (χ3v) is 3.75. The van der Waals surface area contributed by atoms with Gasteiger partial charge in [-0.25, -0.2) is 12.1 Å². The second-order valence-electron chi connectivity index (χ2n) is 5.19. The fourth-order valence-corrected chi connectivity index (χ4v) is 2.65. The van der Waals surface area contributed by atoms with Crippen molar-refractivity contribution in [3.63, 3.8) is 0 Å². The van der Waals surface area contributed by atoms with Crippen molar-refractivity contribution in [1.29, 1.82) is 0 Å². The van der Waals surface area contributed by atoms with E-state index in [0.29, 0.717) is 0 Å². The SMILES string of the molecule is CN(C)Cc1cc[c-](-c2ccccc2Br)c1.[Fe+2].c1cc[cH-]c1. The van der Waals surface area contributed by atoms with E-state index in [1.54, 1.807) is 0 Å². The van der Waals surface area contributed by atoms with Gasteiger partial charge in [0.2, 0.25) is 0 Å². The first kappa shape index (κ1) is 18.9. The summed E-state index contributed by atoms with van der Waals surface area (Å²) < 4.78 is 1.15. The molecular formula is C19H20BrFeN. The molecule has 116 valence electrons. The van der Waals surface area contributed by atoms with Crippen LogP contribution in [0.25, 0.3) is 11.1 Å². The molecule has 0 radical (unpaired) electrons. The summed E-state index contributed by atoms with van der Waals surface area (Å²) in [5, 5.41) is 0. The van der Waals surface area contributed by atoms with Crippen LogP contribution in [0, 0.1) is 0 Å². The Morgan fingerprint density at radius 1 is 1.05 bits per heavy atom. The van der Waals surface area contributed by atoms with E-state index in [9.17, 15) is 0 Å². The molecule has 0 saturated carbocycles. The van der Waals surface area contributed by atoms with Crippen molar-refractivity contribution in [2.45, 2.75) is 6.54 Å². The van der Waals surface area contributed by atoms with Crippen LogP contribution in [-0.2, 0) is 23.6 Å². The van der Waals surface area contributed by atoms with Crippen molar-refractivity contribution in [2.75, 3.05) is 14.1 Å². The van der Waals surface area contributed by atoms with E-state index < -0.39 is 0 Å². The van der Waals surface area contributed by atoms with Gasteiger partial charge in [-0.2, -0.15) is 18.2 Å². The van der Waals surface area contributed by atoms with Crippen molar-refractivity contribution in [1.82, 2.24) is 4.90 Å². The molecule has 0 atom stereocenters. The first-order valence-electron chi connectivity index (χ1n) is 6.99. The third kappa shape index (κ3) is 5.94. The molecule has 1 nitrogen and oxygen atoms in total. The third-order valence-electron chi connectivity index (χ3n) is 3.06. The summed E-state index contributed by atoms with van der Waals surface area (Å²) in [5.41, 5.74) is 3.90. The number of hydrogen-bond acceptors (Lipinski definition) is 1. The molecule has 0 aliphatic heterocycles. The smallest absolute Gasteiger partial charge is 0.313 e. The van der Waals surface area contributed by atoms with Gasteiger partial charge in [-0.3, -0.25) is 0 Å². The Kier molecular flexibility index (Phi) is 8.44. The average molecular weight is 398 g/mol. The standard InChI is InChI=1S/C14H15BrN.C5H5.Fe/c1-16(2)10-11-7-8-12(9-11)13-5-3-4-6-14(13)15;1-2-4-5-3-1;/h3-9H,10H2,1-2H3;1-5H;/q2*-1;+2. The molecule has 0 aliphatic rings. The summed E-state index contributed by atoms with van der Waals surface area (Å²) in [6, 6.07) is 24.9. The molecule has 0 saturated heterocycles. The zero-order valence-corrected chi connectivity index (χ0v) is 15.5. The first-order valence-corrected chi connectivity index (χ1v) is 7.78. The Hall–Kier alpha value is -1.12. The molecule has 0 aliphatic carbocycles. The summed E-state index contributed by atoms with van der Waals surface area (Å²) in [4.78, 5) is 2.18. The zero-order chi connectivity index (χ0) is 15.1. The van der Waals surface area contributed by atoms with Crippen LogP contribution in [-0.4, -0.2) is 19.0 Å². The largest absolute Gasteiger partial charge is 2.00 e. The van der Waals surface area contributed by atoms with Crippen molar-refractivity contribution >= 4 is 15.9 Å². The van der Waals surface area contributed by atoms with Gasteiger partial charge in [-0.05, 0) is 25.1 Å². The van der Waals surface area contributed by atoms with Gasteiger partial charge in [-0.15, -0.1) is 51.3 Å². The van der Waals surface area contributed by atoms with Crippen molar-refractivity contribution < 1.29 is 17.1 Å². The molecule has 22 heavy (non-hydrogen) atoms. The van der Waals surface area contributed by atoms with Gasteiger partial charge >= 0.3 is 17.1 Å². The number of nitrogens with zero attached hydrogens (tertiary/aromatic N) is 1. The van der Waals surface area contributed by atoms with Crippen LogP contribution in [0.1, 0.15) is 5.56 Å². The van der Waals surface area contributed by atoms with Crippen LogP contribution in [0.3, 0.4) is 0 Å². The van der Waals surface area contributed by atoms with E-state index in [4.69, 9.17) is 0 Å². The molecule has 3 rings (SSSR count). The minimum absolute atomic E-state index is 0. The van der Waals surface area contributed by atoms with Crippen LogP contribution in [0.15, 0.2) is 77.3 Å². The van der Waals surface area contributed by atoms with Crippen LogP contribution in [0.4, 0.5) is 0 Å². The number of halogens is 1. The molecule has 0 amide bonds. The fraction of sp³-hybridized carbons (Fsp3) is 0.158. The Morgan fingerprint density at radius 3 is 2.27 bits per heavy atom. The second kappa shape index (κ2) is 9.81. The summed E-state index contributed by atoms with van der Waals surface area (Å²) in [6.07, 6.45) is 0. The molecule has 3 aromatic rings. The van der Waals surface area contributed by atoms with Crippen molar-refractivity contribution in [3.8, 4) is 11.1 Å². The van der Waals surface area contributed by atoms with Crippen LogP contribution in [0.5, 0.6) is 0 Å². The van der Waals surface area contributed by atoms with Gasteiger partial charge in [0.25, 0.3) is 0 Å². The Bertz CT molecular complexity index is 624. The maximum absolute atomic E-state index is 3.58. The minimum atomic E-state index is 0. The van der Waals surface area contributed by atoms with Gasteiger partial charge < -0.3 is 4.90 Å². The minimum Gasteiger partial charge on any atom is -0.313 e. The van der Waals surface area contributed by atoms with E-state index in [0.717, 1.165) is 11.0 Å². The normalized spacial score (nSPS) is 9.82.